The Morgan fingerprint density at radius 3 is 2.64 bits per heavy atom. The number of benzene rings is 2. The normalized spacial score (nSPS) is 20.4. The van der Waals surface area contributed by atoms with Gasteiger partial charge in [0.25, 0.3) is 5.91 Å². The number of nitrogens with one attached hydrogen (secondary N) is 1. The maximum Gasteiger partial charge on any atom is 0.325 e. The molecule has 4 rings (SSSR count). The first-order valence-electron chi connectivity index (χ1n) is 9.11. The molecule has 1 saturated heterocycles. The van der Waals surface area contributed by atoms with Crippen molar-refractivity contribution in [1.29, 1.82) is 0 Å². The monoisotopic (exact) mass is 381 g/mol. The summed E-state index contributed by atoms with van der Waals surface area (Å²) < 4.78 is 13.0. The van der Waals surface area contributed by atoms with Crippen LogP contribution in [0.2, 0.25) is 0 Å². The summed E-state index contributed by atoms with van der Waals surface area (Å²) in [6, 6.07) is 12.8. The molecular weight excluding hydrogens is 361 g/mol. The number of hydrogen-bond donors (Lipinski definition) is 1. The number of halogens is 1. The van der Waals surface area contributed by atoms with Gasteiger partial charge in [0.05, 0.1) is 0 Å². The Kier molecular flexibility index (Phi) is 4.37. The van der Waals surface area contributed by atoms with E-state index in [1.54, 1.807) is 19.2 Å². The molecule has 1 heterocycles. The summed E-state index contributed by atoms with van der Waals surface area (Å²) in [4.78, 5) is 40.6. The third-order valence-corrected chi connectivity index (χ3v) is 5.47. The van der Waals surface area contributed by atoms with Gasteiger partial charge < -0.3 is 10.2 Å². The number of carbonyl (C=O) groups excluding carboxylic acids is 3. The third-order valence-electron chi connectivity index (χ3n) is 5.47. The second-order valence-electron chi connectivity index (χ2n) is 7.26. The Labute approximate surface area is 161 Å². The highest BCUT2D eigenvalue weighted by molar-refractivity contribution is 6.09. The predicted octanol–water partition coefficient (Wildman–Crippen LogP) is 2.18. The van der Waals surface area contributed by atoms with Crippen molar-refractivity contribution in [3.05, 3.63) is 71.0 Å². The fraction of sp³-hybridized carbons (Fsp3) is 0.286. The number of carbonyl (C=O) groups is 3. The Hall–Kier alpha value is -3.22. The van der Waals surface area contributed by atoms with Crippen LogP contribution < -0.4 is 5.32 Å². The molecule has 6 nitrogen and oxygen atoms in total. The lowest BCUT2D eigenvalue weighted by atomic mass is 9.92. The number of likely N-dealkylation sites (N-methyl/N-ethyl adjacent to an activating group) is 1. The maximum atomic E-state index is 13.1. The Morgan fingerprint density at radius 2 is 1.89 bits per heavy atom. The fourth-order valence-electron chi connectivity index (χ4n) is 3.94. The molecule has 7 heteroatoms. The van der Waals surface area contributed by atoms with Gasteiger partial charge in [0, 0.05) is 13.6 Å². The summed E-state index contributed by atoms with van der Waals surface area (Å²) in [6.45, 7) is -0.0665. The minimum atomic E-state index is -1.07. The van der Waals surface area contributed by atoms with Crippen molar-refractivity contribution in [2.45, 2.75) is 24.9 Å². The third kappa shape index (κ3) is 2.93. The van der Waals surface area contributed by atoms with Gasteiger partial charge in [-0.15, -0.1) is 0 Å². The van der Waals surface area contributed by atoms with Gasteiger partial charge in [-0.2, -0.15) is 0 Å². The molecule has 0 aromatic heterocycles. The lowest BCUT2D eigenvalue weighted by molar-refractivity contribution is -0.138. The standard InChI is InChI=1S/C21H20FN3O3/c1-24(12-14-6-8-16(22)9-7-14)18(26)13-25-19(27)21(23-20(25)28)11-10-15-4-2-3-5-17(15)21/h2-9H,10-13H2,1H3,(H,23,28)/t21-/m0/s1. The van der Waals surface area contributed by atoms with Gasteiger partial charge in [-0.25, -0.2) is 9.18 Å². The molecule has 0 saturated carbocycles. The van der Waals surface area contributed by atoms with Gasteiger partial charge in [0.2, 0.25) is 5.91 Å². The SMILES string of the molecule is CN(Cc1ccc(F)cc1)C(=O)CN1C(=O)N[C@]2(CCc3ccccc32)C1=O. The quantitative estimate of drug-likeness (QED) is 0.826. The topological polar surface area (TPSA) is 69.7 Å². The van der Waals surface area contributed by atoms with Crippen molar-refractivity contribution in [2.24, 2.45) is 0 Å². The molecule has 1 atom stereocenters. The predicted molar refractivity (Wildman–Crippen MR) is 99.6 cm³/mol. The van der Waals surface area contributed by atoms with Gasteiger partial charge in [0.1, 0.15) is 17.9 Å². The fourth-order valence-corrected chi connectivity index (χ4v) is 3.94. The zero-order chi connectivity index (χ0) is 19.9. The molecule has 1 fully saturated rings. The summed E-state index contributed by atoms with van der Waals surface area (Å²) in [5.41, 5.74) is 1.54. The molecule has 144 valence electrons. The largest absolute Gasteiger partial charge is 0.340 e. The molecule has 2 aromatic carbocycles. The van der Waals surface area contributed by atoms with Gasteiger partial charge in [-0.1, -0.05) is 36.4 Å². The van der Waals surface area contributed by atoms with Crippen LogP contribution in [0.15, 0.2) is 48.5 Å². The smallest absolute Gasteiger partial charge is 0.325 e. The zero-order valence-electron chi connectivity index (χ0n) is 15.4. The van der Waals surface area contributed by atoms with Crippen molar-refractivity contribution in [3.8, 4) is 0 Å². The minimum Gasteiger partial charge on any atom is -0.340 e. The number of rotatable bonds is 4. The van der Waals surface area contributed by atoms with Crippen molar-refractivity contribution in [3.63, 3.8) is 0 Å². The summed E-state index contributed by atoms with van der Waals surface area (Å²) in [5, 5.41) is 2.81. The number of hydrogen-bond acceptors (Lipinski definition) is 3. The lowest BCUT2D eigenvalue weighted by Crippen LogP contribution is -2.44. The van der Waals surface area contributed by atoms with E-state index in [1.165, 1.54) is 17.0 Å². The van der Waals surface area contributed by atoms with Crippen LogP contribution >= 0.6 is 0 Å². The molecular formula is C21H20FN3O3. The van der Waals surface area contributed by atoms with Gasteiger partial charge in [-0.05, 0) is 41.7 Å². The van der Waals surface area contributed by atoms with E-state index in [0.717, 1.165) is 21.6 Å². The van der Waals surface area contributed by atoms with Crippen molar-refractivity contribution >= 4 is 17.8 Å². The summed E-state index contributed by atoms with van der Waals surface area (Å²) in [6.07, 6.45) is 1.20. The molecule has 28 heavy (non-hydrogen) atoms. The second-order valence-corrected chi connectivity index (χ2v) is 7.26. The number of nitrogens with zero attached hydrogens (tertiary/aromatic N) is 2. The van der Waals surface area contributed by atoms with Crippen LogP contribution in [0.3, 0.4) is 0 Å². The highest BCUT2D eigenvalue weighted by Gasteiger charge is 2.55. The van der Waals surface area contributed by atoms with Gasteiger partial charge in [-0.3, -0.25) is 14.5 Å². The molecule has 1 N–H and O–H groups in total. The van der Waals surface area contributed by atoms with Crippen molar-refractivity contribution in [1.82, 2.24) is 15.1 Å². The number of aryl methyl sites for hydroxylation is 1. The highest BCUT2D eigenvalue weighted by Crippen LogP contribution is 2.41. The molecule has 4 amide bonds. The molecule has 1 aliphatic heterocycles. The second kappa shape index (κ2) is 6.74. The molecule has 2 aromatic rings. The Bertz CT molecular complexity index is 960. The average Bonchev–Trinajstić information content (AvgIpc) is 3.17. The maximum absolute atomic E-state index is 13.1. The van der Waals surface area contributed by atoms with E-state index in [9.17, 15) is 18.8 Å². The van der Waals surface area contributed by atoms with Gasteiger partial charge in [0.15, 0.2) is 0 Å². The molecule has 1 spiro atoms. The zero-order valence-corrected chi connectivity index (χ0v) is 15.4. The van der Waals surface area contributed by atoms with Crippen molar-refractivity contribution < 1.29 is 18.8 Å². The van der Waals surface area contributed by atoms with E-state index >= 15 is 0 Å². The van der Waals surface area contributed by atoms with E-state index in [-0.39, 0.29) is 30.7 Å². The molecule has 0 radical (unpaired) electrons. The van der Waals surface area contributed by atoms with Crippen LogP contribution in [0.4, 0.5) is 9.18 Å². The van der Waals surface area contributed by atoms with Crippen molar-refractivity contribution in [2.75, 3.05) is 13.6 Å². The minimum absolute atomic E-state index is 0.261. The van der Waals surface area contributed by atoms with Crippen LogP contribution in [-0.4, -0.2) is 41.2 Å². The van der Waals surface area contributed by atoms with Crippen LogP contribution in [-0.2, 0) is 28.1 Å². The first-order valence-corrected chi connectivity index (χ1v) is 9.11. The lowest BCUT2D eigenvalue weighted by Gasteiger charge is -2.23. The number of urea groups is 1. The molecule has 2 aliphatic rings. The van der Waals surface area contributed by atoms with E-state index in [0.29, 0.717) is 12.8 Å². The summed E-state index contributed by atoms with van der Waals surface area (Å²) in [7, 11) is 1.59. The van der Waals surface area contributed by atoms with E-state index in [1.807, 2.05) is 24.3 Å². The number of imide groups is 1. The number of fused-ring (bicyclic) bond motifs is 2. The first-order chi connectivity index (χ1) is 13.4. The first kappa shape index (κ1) is 18.2. The van der Waals surface area contributed by atoms with Crippen LogP contribution in [0.1, 0.15) is 23.1 Å². The van der Waals surface area contributed by atoms with Crippen LogP contribution in [0.5, 0.6) is 0 Å². The highest BCUT2D eigenvalue weighted by atomic mass is 19.1. The van der Waals surface area contributed by atoms with Crippen LogP contribution in [0.25, 0.3) is 0 Å². The summed E-state index contributed by atoms with van der Waals surface area (Å²) in [5.74, 6) is -1.10. The van der Waals surface area contributed by atoms with E-state index < -0.39 is 11.6 Å². The Balaban J connectivity index is 1.48. The van der Waals surface area contributed by atoms with Crippen LogP contribution in [0, 0.1) is 5.82 Å². The van der Waals surface area contributed by atoms with E-state index in [4.69, 9.17) is 0 Å². The average molecular weight is 381 g/mol. The number of amides is 4. The Morgan fingerprint density at radius 1 is 1.18 bits per heavy atom. The van der Waals surface area contributed by atoms with E-state index in [2.05, 4.69) is 5.32 Å². The summed E-state index contributed by atoms with van der Waals surface area (Å²) >= 11 is 0. The van der Waals surface area contributed by atoms with Gasteiger partial charge >= 0.3 is 6.03 Å². The molecule has 1 aliphatic carbocycles. The molecule has 0 bridgehead atoms. The molecule has 0 unspecified atom stereocenters.